The Bertz CT molecular complexity index is 3020. The van der Waals surface area contributed by atoms with Gasteiger partial charge in [0.2, 0.25) is 0 Å². The molecule has 0 saturated heterocycles. The smallest absolute Gasteiger partial charge is 0.343 e. The average Bonchev–Trinajstić information content (AvgIpc) is 3.89. The average molecular weight is 1050 g/mol. The predicted octanol–water partition coefficient (Wildman–Crippen LogP) is 8.55. The summed E-state index contributed by atoms with van der Waals surface area (Å²) in [5.41, 5.74) is 3.76. The van der Waals surface area contributed by atoms with E-state index in [1.165, 1.54) is 35.7 Å². The van der Waals surface area contributed by atoms with Crippen molar-refractivity contribution in [3.05, 3.63) is 113 Å². The van der Waals surface area contributed by atoms with Crippen molar-refractivity contribution in [1.29, 1.82) is 0 Å². The number of benzene rings is 2. The Morgan fingerprint density at radius 3 is 1.46 bits per heavy atom. The SMILES string of the molecule is C.CC[C@@]1(O)C(=O)OCc2c1cc1n(c2=O)Cc2c-1nc1cc(F)c(SC)cc1c2CCCCBr.CC[C@@]1(O)C(=O)OCc2c1cc1n(c2=O)Cc2c-1nc1cc(F)c(SC)cc1c2CCCCO. The van der Waals surface area contributed by atoms with Crippen LogP contribution in [0.5, 0.6) is 0 Å². The van der Waals surface area contributed by atoms with Gasteiger partial charge in [-0.05, 0) is 99.3 Å². The highest BCUT2D eigenvalue weighted by Gasteiger charge is 2.47. The second-order valence-corrected chi connectivity index (χ2v) is 19.9. The molecule has 69 heavy (non-hydrogen) atoms. The Morgan fingerprint density at radius 1 is 0.667 bits per heavy atom. The first-order valence-electron chi connectivity index (χ1n) is 22.6. The van der Waals surface area contributed by atoms with Gasteiger partial charge in [0.15, 0.2) is 11.2 Å². The van der Waals surface area contributed by atoms with E-state index in [0.29, 0.717) is 75.1 Å². The van der Waals surface area contributed by atoms with E-state index in [4.69, 9.17) is 19.4 Å². The lowest BCUT2D eigenvalue weighted by atomic mass is 9.86. The van der Waals surface area contributed by atoms with Crippen LogP contribution in [-0.2, 0) is 69.4 Å². The Kier molecular flexibility index (Phi) is 14.4. The fourth-order valence-corrected chi connectivity index (χ4v) is 11.4. The zero-order chi connectivity index (χ0) is 48.4. The molecule has 0 spiro atoms. The first-order valence-corrected chi connectivity index (χ1v) is 26.1. The lowest BCUT2D eigenvalue weighted by Gasteiger charge is -2.31. The fraction of sp³-hybridized carbons (Fsp3) is 0.412. The molecule has 0 saturated carbocycles. The molecule has 6 aromatic rings. The highest BCUT2D eigenvalue weighted by Crippen LogP contribution is 2.44. The van der Waals surface area contributed by atoms with Crippen molar-refractivity contribution in [3.63, 3.8) is 0 Å². The summed E-state index contributed by atoms with van der Waals surface area (Å²) in [5, 5.41) is 34.0. The van der Waals surface area contributed by atoms with Crippen LogP contribution in [0.25, 0.3) is 44.6 Å². The molecule has 4 aliphatic heterocycles. The van der Waals surface area contributed by atoms with Crippen molar-refractivity contribution in [2.24, 2.45) is 0 Å². The largest absolute Gasteiger partial charge is 0.458 e. The van der Waals surface area contributed by atoms with Crippen molar-refractivity contribution in [2.75, 3.05) is 24.4 Å². The molecule has 8 heterocycles. The number of aromatic nitrogens is 4. The number of unbranched alkanes of at least 4 members (excludes halogenated alkanes) is 2. The minimum atomic E-state index is -1.90. The minimum Gasteiger partial charge on any atom is -0.458 e. The van der Waals surface area contributed by atoms with Crippen molar-refractivity contribution in [1.82, 2.24) is 19.1 Å². The number of hydrogen-bond donors (Lipinski definition) is 3. The van der Waals surface area contributed by atoms with Gasteiger partial charge < -0.3 is 33.9 Å². The number of nitrogens with zero attached hydrogens (tertiary/aromatic N) is 4. The van der Waals surface area contributed by atoms with E-state index >= 15 is 0 Å². The standard InChI is InChI=1S/C25H24BrFN2O4S.C25H25FN2O5S.CH4/c1-3-25(32)17-9-20-22-15(11-29(20)23(30)16(17)12-33-24(25)31)13(6-4-5-7-26)14-8-21(34-2)18(27)10-19(14)28-22;1-3-25(32)17-9-20-22-15(11-28(20)23(30)16(17)12-33-24(25)31)13(6-4-5-7-29)14-8-21(34-2)18(26)10-19(14)27-22;/h8-10,32H,3-7,11-12H2,1-2H3;8-10,29,32H,3-7,11-12H2,1-2H3;1H4/t2*25-;/m00./s1. The number of hydrogen-bond acceptors (Lipinski definition) is 13. The lowest BCUT2D eigenvalue weighted by Crippen LogP contribution is -2.44. The summed E-state index contributed by atoms with van der Waals surface area (Å²) in [5.74, 6) is -2.22. The van der Waals surface area contributed by atoms with Gasteiger partial charge in [0, 0.05) is 66.9 Å². The molecule has 2 atom stereocenters. The number of rotatable bonds is 12. The van der Waals surface area contributed by atoms with Crippen LogP contribution < -0.4 is 11.1 Å². The van der Waals surface area contributed by atoms with E-state index in [1.54, 1.807) is 41.2 Å². The maximum atomic E-state index is 14.7. The zero-order valence-electron chi connectivity index (χ0n) is 37.9. The van der Waals surface area contributed by atoms with Crippen LogP contribution in [-0.4, -0.2) is 70.8 Å². The monoisotopic (exact) mass is 1050 g/mol. The molecule has 0 fully saturated rings. The number of carbonyl (C=O) groups is 2. The summed E-state index contributed by atoms with van der Waals surface area (Å²) >= 11 is 6.15. The van der Waals surface area contributed by atoms with Crippen LogP contribution in [0.15, 0.2) is 55.8 Å². The fourth-order valence-electron chi connectivity index (χ4n) is 10.0. The zero-order valence-corrected chi connectivity index (χ0v) is 41.1. The lowest BCUT2D eigenvalue weighted by molar-refractivity contribution is -0.172. The molecule has 0 aliphatic carbocycles. The van der Waals surface area contributed by atoms with Gasteiger partial charge in [-0.2, -0.15) is 0 Å². The van der Waals surface area contributed by atoms with Gasteiger partial charge in [0.25, 0.3) is 11.1 Å². The van der Waals surface area contributed by atoms with Gasteiger partial charge >= 0.3 is 11.9 Å². The number of aryl methyl sites for hydroxylation is 2. The summed E-state index contributed by atoms with van der Waals surface area (Å²) in [7, 11) is 0. The molecular formula is C51H53BrF2N4O9S2. The maximum Gasteiger partial charge on any atom is 0.343 e. The third-order valence-corrected chi connectivity index (χ3v) is 15.9. The van der Waals surface area contributed by atoms with Crippen LogP contribution in [0.2, 0.25) is 0 Å². The van der Waals surface area contributed by atoms with Gasteiger partial charge in [-0.1, -0.05) is 37.2 Å². The van der Waals surface area contributed by atoms with Gasteiger partial charge in [-0.15, -0.1) is 23.5 Å². The molecule has 13 nitrogen and oxygen atoms in total. The molecule has 4 aromatic heterocycles. The van der Waals surface area contributed by atoms with E-state index in [0.717, 1.165) is 64.0 Å². The molecule has 2 aromatic carbocycles. The quantitative estimate of drug-likeness (QED) is 0.0459. The molecule has 4 aliphatic rings. The normalized spacial score (nSPS) is 18.3. The van der Waals surface area contributed by atoms with Crippen molar-refractivity contribution < 1.29 is 43.2 Å². The summed E-state index contributed by atoms with van der Waals surface area (Å²) in [4.78, 5) is 62.3. The van der Waals surface area contributed by atoms with Crippen molar-refractivity contribution in [2.45, 2.75) is 120 Å². The minimum absolute atomic E-state index is 0. The molecule has 0 radical (unpaired) electrons. The molecule has 10 rings (SSSR count). The van der Waals surface area contributed by atoms with E-state index in [2.05, 4.69) is 15.9 Å². The summed E-state index contributed by atoms with van der Waals surface area (Å²) < 4.78 is 42.8. The highest BCUT2D eigenvalue weighted by atomic mass is 79.9. The van der Waals surface area contributed by atoms with Gasteiger partial charge in [0.05, 0.1) is 58.0 Å². The number of aliphatic hydroxyl groups excluding tert-OH is 1. The molecule has 0 bridgehead atoms. The maximum absolute atomic E-state index is 14.7. The van der Waals surface area contributed by atoms with E-state index in [-0.39, 0.29) is 79.5 Å². The molecular weight excluding hydrogens is 995 g/mol. The van der Waals surface area contributed by atoms with Gasteiger partial charge in [-0.3, -0.25) is 9.59 Å². The Hall–Kier alpha value is -4.98. The Balaban J connectivity index is 0.000000183. The Labute approximate surface area is 413 Å². The number of aliphatic hydroxyl groups is 3. The third-order valence-electron chi connectivity index (χ3n) is 13.8. The van der Waals surface area contributed by atoms with Gasteiger partial charge in [-0.25, -0.2) is 28.3 Å². The molecule has 18 heteroatoms. The summed E-state index contributed by atoms with van der Waals surface area (Å²) in [6.45, 7) is 3.69. The molecule has 0 unspecified atom stereocenters. The van der Waals surface area contributed by atoms with Crippen molar-refractivity contribution >= 4 is 73.2 Å². The second-order valence-electron chi connectivity index (χ2n) is 17.4. The van der Waals surface area contributed by atoms with E-state index in [9.17, 15) is 43.3 Å². The highest BCUT2D eigenvalue weighted by molar-refractivity contribution is 9.09. The number of cyclic esters (lactones) is 2. The van der Waals surface area contributed by atoms with Crippen LogP contribution in [0.3, 0.4) is 0 Å². The number of esters is 2. The van der Waals surface area contributed by atoms with E-state index in [1.807, 2.05) is 18.6 Å². The number of ether oxygens (including phenoxy) is 2. The van der Waals surface area contributed by atoms with Crippen LogP contribution in [0, 0.1) is 11.6 Å². The predicted molar refractivity (Wildman–Crippen MR) is 266 cm³/mol. The first-order chi connectivity index (χ1) is 32.7. The number of thioether (sulfide) groups is 2. The molecule has 3 N–H and O–H groups in total. The first kappa shape index (κ1) is 50.4. The summed E-state index contributed by atoms with van der Waals surface area (Å²) in [6, 6.07) is 9.88. The second kappa shape index (κ2) is 19.7. The van der Waals surface area contributed by atoms with Crippen LogP contribution in [0.1, 0.15) is 104 Å². The number of halogens is 3. The van der Waals surface area contributed by atoms with Crippen LogP contribution in [0.4, 0.5) is 8.78 Å². The number of fused-ring (bicyclic) bond motifs is 10. The summed E-state index contributed by atoms with van der Waals surface area (Å²) in [6.07, 6.45) is 8.49. The van der Waals surface area contributed by atoms with Gasteiger partial charge in [0.1, 0.15) is 24.8 Å². The third kappa shape index (κ3) is 8.21. The number of pyridine rings is 4. The topological polar surface area (TPSA) is 183 Å². The molecule has 364 valence electrons. The molecule has 0 amide bonds. The van der Waals surface area contributed by atoms with Crippen molar-refractivity contribution in [3.8, 4) is 22.8 Å². The number of carbonyl (C=O) groups excluding carboxylic acids is 2. The van der Waals surface area contributed by atoms with E-state index < -0.39 is 23.1 Å². The van der Waals surface area contributed by atoms with Crippen LogP contribution >= 0.6 is 39.5 Å². The Morgan fingerprint density at radius 2 is 1.09 bits per heavy atom. The number of alkyl halides is 1.